The average Bonchev–Trinajstić information content (AvgIpc) is 2.51. The SMILES string of the molecule is C=C.CCOc1cccc(OCCC2CCCCC2)c1. The van der Waals surface area contributed by atoms with Crippen LogP contribution in [0.4, 0.5) is 0 Å². The van der Waals surface area contributed by atoms with Crippen LogP contribution in [0.3, 0.4) is 0 Å². The lowest BCUT2D eigenvalue weighted by molar-refractivity contribution is 0.245. The standard InChI is InChI=1S/C16H24O2.C2H4/c1-2-17-15-9-6-10-16(13-15)18-12-11-14-7-4-3-5-8-14;1-2/h6,9-10,13-14H,2-5,7-8,11-12H2,1H3;1-2H2. The molecule has 1 aromatic rings. The Balaban J connectivity index is 0.000000956. The van der Waals surface area contributed by atoms with Gasteiger partial charge in [0.05, 0.1) is 13.2 Å². The fourth-order valence-corrected chi connectivity index (χ4v) is 2.64. The van der Waals surface area contributed by atoms with E-state index >= 15 is 0 Å². The summed E-state index contributed by atoms with van der Waals surface area (Å²) in [6.45, 7) is 9.53. The molecule has 1 saturated carbocycles. The van der Waals surface area contributed by atoms with Crippen molar-refractivity contribution in [1.82, 2.24) is 0 Å². The van der Waals surface area contributed by atoms with Gasteiger partial charge in [0.1, 0.15) is 11.5 Å². The largest absolute Gasteiger partial charge is 0.494 e. The maximum Gasteiger partial charge on any atom is 0.122 e. The lowest BCUT2D eigenvalue weighted by atomic mass is 9.87. The summed E-state index contributed by atoms with van der Waals surface area (Å²) in [6, 6.07) is 7.94. The predicted octanol–water partition coefficient (Wildman–Crippen LogP) is 5.24. The van der Waals surface area contributed by atoms with E-state index < -0.39 is 0 Å². The van der Waals surface area contributed by atoms with E-state index in [0.717, 1.165) is 24.0 Å². The molecule has 1 aliphatic rings. The molecule has 2 nitrogen and oxygen atoms in total. The molecule has 0 spiro atoms. The summed E-state index contributed by atoms with van der Waals surface area (Å²) in [4.78, 5) is 0. The molecule has 0 bridgehead atoms. The van der Waals surface area contributed by atoms with Gasteiger partial charge in [-0.1, -0.05) is 38.2 Å². The molecule has 0 radical (unpaired) electrons. The molecule has 0 saturated heterocycles. The molecule has 2 heteroatoms. The first-order valence-corrected chi connectivity index (χ1v) is 7.74. The van der Waals surface area contributed by atoms with Crippen LogP contribution in [0.15, 0.2) is 37.4 Å². The Bertz CT molecular complexity index is 356. The van der Waals surface area contributed by atoms with Crippen LogP contribution in [-0.2, 0) is 0 Å². The zero-order valence-electron chi connectivity index (χ0n) is 12.8. The highest BCUT2D eigenvalue weighted by Crippen LogP contribution is 2.26. The van der Waals surface area contributed by atoms with Crippen LogP contribution in [-0.4, -0.2) is 13.2 Å². The van der Waals surface area contributed by atoms with E-state index in [0.29, 0.717) is 6.61 Å². The Kier molecular flexibility index (Phi) is 8.61. The molecule has 0 unspecified atom stereocenters. The Morgan fingerprint density at radius 2 is 1.70 bits per heavy atom. The van der Waals surface area contributed by atoms with Gasteiger partial charge in [-0.2, -0.15) is 0 Å². The third kappa shape index (κ3) is 6.14. The number of hydrogen-bond acceptors (Lipinski definition) is 2. The highest BCUT2D eigenvalue weighted by atomic mass is 16.5. The molecule has 0 atom stereocenters. The van der Waals surface area contributed by atoms with Gasteiger partial charge in [0, 0.05) is 6.07 Å². The van der Waals surface area contributed by atoms with Crippen LogP contribution in [0.2, 0.25) is 0 Å². The second kappa shape index (κ2) is 10.4. The van der Waals surface area contributed by atoms with Crippen LogP contribution >= 0.6 is 0 Å². The summed E-state index contributed by atoms with van der Waals surface area (Å²) in [5.41, 5.74) is 0. The Morgan fingerprint density at radius 1 is 1.05 bits per heavy atom. The van der Waals surface area contributed by atoms with Gasteiger partial charge in [0.15, 0.2) is 0 Å². The lowest BCUT2D eigenvalue weighted by Crippen LogP contribution is -2.10. The highest BCUT2D eigenvalue weighted by Gasteiger charge is 2.13. The Labute approximate surface area is 123 Å². The van der Waals surface area contributed by atoms with Gasteiger partial charge in [0.25, 0.3) is 0 Å². The molecule has 1 aliphatic carbocycles. The molecular formula is C18H28O2. The first kappa shape index (κ1) is 16.6. The van der Waals surface area contributed by atoms with Crippen LogP contribution in [0.25, 0.3) is 0 Å². The number of hydrogen-bond donors (Lipinski definition) is 0. The van der Waals surface area contributed by atoms with E-state index in [1.165, 1.54) is 38.5 Å². The van der Waals surface area contributed by atoms with E-state index in [9.17, 15) is 0 Å². The van der Waals surface area contributed by atoms with Crippen LogP contribution in [0, 0.1) is 5.92 Å². The molecule has 0 aliphatic heterocycles. The van der Waals surface area contributed by atoms with Crippen LogP contribution in [0.5, 0.6) is 11.5 Å². The van der Waals surface area contributed by atoms with Crippen molar-refractivity contribution in [2.24, 2.45) is 5.92 Å². The summed E-state index contributed by atoms with van der Waals surface area (Å²) >= 11 is 0. The summed E-state index contributed by atoms with van der Waals surface area (Å²) in [5, 5.41) is 0. The molecule has 112 valence electrons. The fourth-order valence-electron chi connectivity index (χ4n) is 2.64. The summed E-state index contributed by atoms with van der Waals surface area (Å²) in [6.07, 6.45) is 8.21. The first-order valence-electron chi connectivity index (χ1n) is 7.74. The van der Waals surface area contributed by atoms with Gasteiger partial charge in [-0.25, -0.2) is 0 Å². The van der Waals surface area contributed by atoms with Gasteiger partial charge in [-0.05, 0) is 31.4 Å². The first-order chi connectivity index (χ1) is 9.88. The van der Waals surface area contributed by atoms with Crippen LogP contribution in [0.1, 0.15) is 45.4 Å². The van der Waals surface area contributed by atoms with Crippen molar-refractivity contribution in [2.75, 3.05) is 13.2 Å². The van der Waals surface area contributed by atoms with E-state index in [1.807, 2.05) is 31.2 Å². The van der Waals surface area contributed by atoms with Crippen molar-refractivity contribution in [2.45, 2.75) is 45.4 Å². The molecule has 2 rings (SSSR count). The predicted molar refractivity (Wildman–Crippen MR) is 85.6 cm³/mol. The second-order valence-electron chi connectivity index (χ2n) is 5.05. The zero-order chi connectivity index (χ0) is 14.6. The quantitative estimate of drug-likeness (QED) is 0.662. The molecule has 20 heavy (non-hydrogen) atoms. The lowest BCUT2D eigenvalue weighted by Gasteiger charge is -2.21. The Morgan fingerprint density at radius 3 is 2.35 bits per heavy atom. The summed E-state index contributed by atoms with van der Waals surface area (Å²) in [7, 11) is 0. The summed E-state index contributed by atoms with van der Waals surface area (Å²) in [5.74, 6) is 2.71. The van der Waals surface area contributed by atoms with E-state index in [2.05, 4.69) is 13.2 Å². The van der Waals surface area contributed by atoms with Gasteiger partial charge in [-0.3, -0.25) is 0 Å². The summed E-state index contributed by atoms with van der Waals surface area (Å²) < 4.78 is 11.3. The molecule has 0 aromatic heterocycles. The molecule has 0 heterocycles. The van der Waals surface area contributed by atoms with E-state index in [-0.39, 0.29) is 0 Å². The van der Waals surface area contributed by atoms with Gasteiger partial charge < -0.3 is 9.47 Å². The minimum Gasteiger partial charge on any atom is -0.494 e. The van der Waals surface area contributed by atoms with Crippen molar-refractivity contribution < 1.29 is 9.47 Å². The van der Waals surface area contributed by atoms with Crippen LogP contribution < -0.4 is 9.47 Å². The topological polar surface area (TPSA) is 18.5 Å². The minimum absolute atomic E-state index is 0.700. The number of benzene rings is 1. The maximum absolute atomic E-state index is 5.82. The third-order valence-corrected chi connectivity index (χ3v) is 3.64. The number of rotatable bonds is 6. The zero-order valence-corrected chi connectivity index (χ0v) is 12.8. The highest BCUT2D eigenvalue weighted by molar-refractivity contribution is 5.32. The monoisotopic (exact) mass is 276 g/mol. The smallest absolute Gasteiger partial charge is 0.122 e. The molecule has 0 amide bonds. The van der Waals surface area contributed by atoms with Gasteiger partial charge >= 0.3 is 0 Å². The van der Waals surface area contributed by atoms with Crippen molar-refractivity contribution in [3.8, 4) is 11.5 Å². The molecule has 0 N–H and O–H groups in total. The normalized spacial score (nSPS) is 15.1. The van der Waals surface area contributed by atoms with Crippen molar-refractivity contribution in [3.05, 3.63) is 37.4 Å². The van der Waals surface area contributed by atoms with Crippen molar-refractivity contribution >= 4 is 0 Å². The third-order valence-electron chi connectivity index (χ3n) is 3.64. The van der Waals surface area contributed by atoms with E-state index in [4.69, 9.17) is 9.47 Å². The minimum atomic E-state index is 0.700. The Hall–Kier alpha value is -1.44. The molecular weight excluding hydrogens is 248 g/mol. The fraction of sp³-hybridized carbons (Fsp3) is 0.556. The number of ether oxygens (including phenoxy) is 2. The van der Waals surface area contributed by atoms with Crippen molar-refractivity contribution in [1.29, 1.82) is 0 Å². The van der Waals surface area contributed by atoms with Crippen molar-refractivity contribution in [3.63, 3.8) is 0 Å². The molecule has 1 fully saturated rings. The average molecular weight is 276 g/mol. The second-order valence-corrected chi connectivity index (χ2v) is 5.05. The molecule has 1 aromatic carbocycles. The van der Waals surface area contributed by atoms with Gasteiger partial charge in [-0.15, -0.1) is 13.2 Å². The maximum atomic E-state index is 5.82. The van der Waals surface area contributed by atoms with E-state index in [1.54, 1.807) is 0 Å². The van der Waals surface area contributed by atoms with Gasteiger partial charge in [0.2, 0.25) is 0 Å².